The van der Waals surface area contributed by atoms with Crippen molar-refractivity contribution in [2.45, 2.75) is 19.5 Å². The molecule has 2 N–H and O–H groups in total. The van der Waals surface area contributed by atoms with Gasteiger partial charge >= 0.3 is 6.61 Å². The van der Waals surface area contributed by atoms with Crippen LogP contribution in [0.3, 0.4) is 0 Å². The smallest absolute Gasteiger partial charge is 0.387 e. The van der Waals surface area contributed by atoms with Gasteiger partial charge in [-0.05, 0) is 48.2 Å². The van der Waals surface area contributed by atoms with E-state index in [4.69, 9.17) is 14.2 Å². The van der Waals surface area contributed by atoms with E-state index in [9.17, 15) is 8.78 Å². The number of nitrogens with zero attached hydrogens (tertiary/aromatic N) is 1. The number of rotatable bonds is 9. The molecule has 0 saturated heterocycles. The van der Waals surface area contributed by atoms with Crippen LogP contribution in [0.4, 0.5) is 8.78 Å². The molecule has 0 amide bonds. The standard InChI is InChI=1S/C21H25F2N3O4.HI/c1-24-21(25-9-7-14-4-6-17-18(11-14)29-13-28-17)26-10-8-15-3-5-16(27-2)19(12-15)30-20(22)23;/h3-6,11-12,20H,7-10,13H2,1-2H3,(H2,24,25,26);1H. The van der Waals surface area contributed by atoms with Gasteiger partial charge in [-0.1, -0.05) is 12.1 Å². The lowest BCUT2D eigenvalue weighted by atomic mass is 10.1. The topological polar surface area (TPSA) is 73.3 Å². The van der Waals surface area contributed by atoms with Gasteiger partial charge in [0.1, 0.15) is 0 Å². The lowest BCUT2D eigenvalue weighted by molar-refractivity contribution is -0.0512. The van der Waals surface area contributed by atoms with Crippen molar-refractivity contribution in [3.05, 3.63) is 47.5 Å². The van der Waals surface area contributed by atoms with Crippen LogP contribution in [0.5, 0.6) is 23.0 Å². The van der Waals surface area contributed by atoms with Crippen LogP contribution in [0.2, 0.25) is 0 Å². The maximum Gasteiger partial charge on any atom is 0.387 e. The Hall–Kier alpha value is -2.50. The quantitative estimate of drug-likeness (QED) is 0.283. The Bertz CT molecular complexity index is 884. The fourth-order valence-electron chi connectivity index (χ4n) is 3.03. The molecular formula is C21H26F2IN3O4. The number of hydrogen-bond donors (Lipinski definition) is 2. The number of alkyl halides is 2. The molecule has 0 atom stereocenters. The van der Waals surface area contributed by atoms with Gasteiger partial charge in [0.15, 0.2) is 29.0 Å². The molecule has 3 rings (SSSR count). The fraction of sp³-hybridized carbons (Fsp3) is 0.381. The van der Waals surface area contributed by atoms with Crippen LogP contribution in [-0.4, -0.2) is 46.6 Å². The van der Waals surface area contributed by atoms with E-state index in [0.717, 1.165) is 29.0 Å². The zero-order chi connectivity index (χ0) is 21.3. The molecule has 0 spiro atoms. The van der Waals surface area contributed by atoms with E-state index in [1.165, 1.54) is 7.11 Å². The molecule has 0 bridgehead atoms. The van der Waals surface area contributed by atoms with Gasteiger partial charge in [0, 0.05) is 20.1 Å². The summed E-state index contributed by atoms with van der Waals surface area (Å²) in [6, 6.07) is 10.9. The molecule has 0 unspecified atom stereocenters. The second-order valence-electron chi connectivity index (χ2n) is 6.48. The van der Waals surface area contributed by atoms with Gasteiger partial charge in [0.2, 0.25) is 6.79 Å². The largest absolute Gasteiger partial charge is 0.493 e. The van der Waals surface area contributed by atoms with Gasteiger partial charge in [-0.3, -0.25) is 4.99 Å². The Kier molecular flexibility index (Phi) is 9.89. The van der Waals surface area contributed by atoms with E-state index in [0.29, 0.717) is 25.5 Å². The first-order valence-electron chi connectivity index (χ1n) is 9.54. The predicted molar refractivity (Wildman–Crippen MR) is 124 cm³/mol. The predicted octanol–water partition coefficient (Wildman–Crippen LogP) is 3.59. The minimum Gasteiger partial charge on any atom is -0.493 e. The van der Waals surface area contributed by atoms with Gasteiger partial charge in [0.05, 0.1) is 7.11 Å². The highest BCUT2D eigenvalue weighted by atomic mass is 127. The van der Waals surface area contributed by atoms with Gasteiger partial charge in [-0.2, -0.15) is 8.78 Å². The van der Waals surface area contributed by atoms with E-state index in [-0.39, 0.29) is 42.3 Å². The Morgan fingerprint density at radius 3 is 2.29 bits per heavy atom. The van der Waals surface area contributed by atoms with Crippen LogP contribution in [0.1, 0.15) is 11.1 Å². The van der Waals surface area contributed by atoms with E-state index < -0.39 is 6.61 Å². The summed E-state index contributed by atoms with van der Waals surface area (Å²) in [6.07, 6.45) is 1.40. The summed E-state index contributed by atoms with van der Waals surface area (Å²) in [5, 5.41) is 6.46. The lowest BCUT2D eigenvalue weighted by Gasteiger charge is -2.14. The SMILES string of the molecule is CN=C(NCCc1ccc2c(c1)OCO2)NCCc1ccc(OC)c(OC(F)F)c1.I. The summed E-state index contributed by atoms with van der Waals surface area (Å²) < 4.78 is 45.4. The molecule has 2 aromatic carbocycles. The molecule has 0 aliphatic carbocycles. The first-order valence-corrected chi connectivity index (χ1v) is 9.54. The first kappa shape index (κ1) is 24.8. The minimum absolute atomic E-state index is 0. The number of guanidine groups is 1. The summed E-state index contributed by atoms with van der Waals surface area (Å²) in [5.74, 6) is 2.49. The highest BCUT2D eigenvalue weighted by Crippen LogP contribution is 2.32. The number of hydrogen-bond acceptors (Lipinski definition) is 5. The molecule has 31 heavy (non-hydrogen) atoms. The molecule has 170 valence electrons. The minimum atomic E-state index is -2.90. The molecule has 1 aliphatic rings. The van der Waals surface area contributed by atoms with E-state index in [1.54, 1.807) is 19.2 Å². The number of benzene rings is 2. The van der Waals surface area contributed by atoms with Crippen LogP contribution in [0.15, 0.2) is 41.4 Å². The van der Waals surface area contributed by atoms with Crippen LogP contribution >= 0.6 is 24.0 Å². The Morgan fingerprint density at radius 1 is 1.00 bits per heavy atom. The van der Waals surface area contributed by atoms with Crippen molar-refractivity contribution in [3.8, 4) is 23.0 Å². The summed E-state index contributed by atoms with van der Waals surface area (Å²) >= 11 is 0. The third kappa shape index (κ3) is 7.30. The Balaban J connectivity index is 0.00000341. The maximum absolute atomic E-state index is 12.6. The summed E-state index contributed by atoms with van der Waals surface area (Å²) in [5.41, 5.74) is 1.97. The number of ether oxygens (including phenoxy) is 4. The third-order valence-electron chi connectivity index (χ3n) is 4.52. The van der Waals surface area contributed by atoms with E-state index in [1.807, 2.05) is 24.3 Å². The zero-order valence-corrected chi connectivity index (χ0v) is 19.7. The summed E-state index contributed by atoms with van der Waals surface area (Å²) in [4.78, 5) is 4.20. The first-order chi connectivity index (χ1) is 14.6. The van der Waals surface area contributed by atoms with Gasteiger partial charge in [-0.25, -0.2) is 0 Å². The zero-order valence-electron chi connectivity index (χ0n) is 17.3. The van der Waals surface area contributed by atoms with Crippen molar-refractivity contribution >= 4 is 29.9 Å². The normalized spacial score (nSPS) is 12.4. The van der Waals surface area contributed by atoms with Crippen molar-refractivity contribution in [1.29, 1.82) is 0 Å². The molecule has 7 nitrogen and oxygen atoms in total. The monoisotopic (exact) mass is 549 g/mol. The van der Waals surface area contributed by atoms with Crippen molar-refractivity contribution in [3.63, 3.8) is 0 Å². The third-order valence-corrected chi connectivity index (χ3v) is 4.52. The van der Waals surface area contributed by atoms with Crippen molar-refractivity contribution < 1.29 is 27.7 Å². The van der Waals surface area contributed by atoms with Crippen LogP contribution in [0, 0.1) is 0 Å². The highest BCUT2D eigenvalue weighted by Gasteiger charge is 2.13. The molecule has 1 heterocycles. The molecule has 1 aliphatic heterocycles. The Labute approximate surface area is 197 Å². The molecule has 0 fully saturated rings. The second-order valence-corrected chi connectivity index (χ2v) is 6.48. The molecular weight excluding hydrogens is 523 g/mol. The molecule has 10 heteroatoms. The number of methoxy groups -OCH3 is 1. The summed E-state index contributed by atoms with van der Waals surface area (Å²) in [6.45, 7) is -1.38. The average molecular weight is 549 g/mol. The van der Waals surface area contributed by atoms with Crippen LogP contribution < -0.4 is 29.6 Å². The van der Waals surface area contributed by atoms with Crippen molar-refractivity contribution in [1.82, 2.24) is 10.6 Å². The fourth-order valence-corrected chi connectivity index (χ4v) is 3.03. The number of aliphatic imine (C=N–C) groups is 1. The van der Waals surface area contributed by atoms with Crippen molar-refractivity contribution in [2.75, 3.05) is 34.0 Å². The average Bonchev–Trinajstić information content (AvgIpc) is 3.20. The van der Waals surface area contributed by atoms with Crippen LogP contribution in [-0.2, 0) is 12.8 Å². The lowest BCUT2D eigenvalue weighted by Crippen LogP contribution is -2.39. The van der Waals surface area contributed by atoms with Crippen LogP contribution in [0.25, 0.3) is 0 Å². The Morgan fingerprint density at radius 2 is 1.65 bits per heavy atom. The second kappa shape index (κ2) is 12.4. The van der Waals surface area contributed by atoms with E-state index >= 15 is 0 Å². The molecule has 0 saturated carbocycles. The van der Waals surface area contributed by atoms with E-state index in [2.05, 4.69) is 20.4 Å². The number of fused-ring (bicyclic) bond motifs is 1. The van der Waals surface area contributed by atoms with Gasteiger partial charge in [0.25, 0.3) is 0 Å². The summed E-state index contributed by atoms with van der Waals surface area (Å²) in [7, 11) is 3.10. The highest BCUT2D eigenvalue weighted by molar-refractivity contribution is 14.0. The molecule has 0 radical (unpaired) electrons. The van der Waals surface area contributed by atoms with Gasteiger partial charge < -0.3 is 29.6 Å². The molecule has 2 aromatic rings. The van der Waals surface area contributed by atoms with Gasteiger partial charge in [-0.15, -0.1) is 24.0 Å². The van der Waals surface area contributed by atoms with Crippen molar-refractivity contribution in [2.24, 2.45) is 4.99 Å². The maximum atomic E-state index is 12.6. The number of nitrogens with one attached hydrogen (secondary N) is 2. The number of halogens is 3. The molecule has 0 aromatic heterocycles.